The first kappa shape index (κ1) is 14.0. The summed E-state index contributed by atoms with van der Waals surface area (Å²) in [6.07, 6.45) is 2.03. The van der Waals surface area contributed by atoms with Crippen molar-refractivity contribution >= 4 is 27.7 Å². The molecule has 16 heavy (non-hydrogen) atoms. The Morgan fingerprint density at radius 3 is 2.50 bits per heavy atom. The van der Waals surface area contributed by atoms with E-state index < -0.39 is 0 Å². The molecule has 0 saturated carbocycles. The first-order valence-electron chi connectivity index (χ1n) is 5.29. The highest BCUT2D eigenvalue weighted by Gasteiger charge is 2.13. The fourth-order valence-electron chi connectivity index (χ4n) is 1.45. The maximum absolute atomic E-state index is 9.16. The lowest BCUT2D eigenvalue weighted by Crippen LogP contribution is -2.37. The third kappa shape index (κ3) is 4.45. The Morgan fingerprint density at radius 2 is 2.00 bits per heavy atom. The van der Waals surface area contributed by atoms with E-state index in [1.165, 1.54) is 5.56 Å². The van der Waals surface area contributed by atoms with E-state index in [1.807, 2.05) is 18.4 Å². The molecule has 0 heterocycles. The van der Waals surface area contributed by atoms with Gasteiger partial charge in [0.25, 0.3) is 0 Å². The highest BCUT2D eigenvalue weighted by Crippen LogP contribution is 2.13. The van der Waals surface area contributed by atoms with Gasteiger partial charge in [-0.25, -0.2) is 0 Å². The lowest BCUT2D eigenvalue weighted by molar-refractivity contribution is 0.276. The van der Waals surface area contributed by atoms with Gasteiger partial charge >= 0.3 is 0 Å². The Hall–Kier alpha value is -0.0300. The van der Waals surface area contributed by atoms with Crippen molar-refractivity contribution in [2.45, 2.75) is 24.8 Å². The molecule has 2 atom stereocenters. The summed E-state index contributed by atoms with van der Waals surface area (Å²) in [5.74, 6) is 0. The maximum Gasteiger partial charge on any atom is 0.0564 e. The molecule has 90 valence electrons. The zero-order valence-corrected chi connectivity index (χ0v) is 12.0. The highest BCUT2D eigenvalue weighted by atomic mass is 79.9. The first-order chi connectivity index (χ1) is 7.67. The minimum Gasteiger partial charge on any atom is -0.395 e. The number of nitrogens with one attached hydrogen (secondary N) is 1. The molecular formula is C12H18BrNOS. The lowest BCUT2D eigenvalue weighted by Gasteiger charge is -2.21. The molecule has 0 bridgehead atoms. The number of hydrogen-bond acceptors (Lipinski definition) is 3. The summed E-state index contributed by atoms with van der Waals surface area (Å²) < 4.78 is 1.10. The van der Waals surface area contributed by atoms with Gasteiger partial charge in [-0.3, -0.25) is 0 Å². The summed E-state index contributed by atoms with van der Waals surface area (Å²) in [5, 5.41) is 12.8. The van der Waals surface area contributed by atoms with E-state index in [-0.39, 0.29) is 11.9 Å². The van der Waals surface area contributed by atoms with Crippen molar-refractivity contribution in [3.05, 3.63) is 34.3 Å². The Kier molecular flexibility index (Phi) is 6.43. The van der Waals surface area contributed by atoms with Crippen LogP contribution in [0.2, 0.25) is 0 Å². The normalized spacial score (nSPS) is 14.8. The van der Waals surface area contributed by atoms with Gasteiger partial charge in [-0.2, -0.15) is 11.8 Å². The maximum atomic E-state index is 9.16. The molecule has 0 fully saturated rings. The average molecular weight is 304 g/mol. The summed E-state index contributed by atoms with van der Waals surface area (Å²) in [7, 11) is 0. The van der Waals surface area contributed by atoms with Crippen LogP contribution in [0.4, 0.5) is 0 Å². The van der Waals surface area contributed by atoms with Gasteiger partial charge in [0.05, 0.1) is 6.61 Å². The van der Waals surface area contributed by atoms with Gasteiger partial charge in [0, 0.05) is 22.3 Å². The Labute approximate surface area is 110 Å². The Bertz CT molecular complexity index is 300. The van der Waals surface area contributed by atoms with Crippen LogP contribution < -0.4 is 5.32 Å². The Balaban J connectivity index is 2.42. The van der Waals surface area contributed by atoms with Gasteiger partial charge in [0.15, 0.2) is 0 Å². The van der Waals surface area contributed by atoms with E-state index >= 15 is 0 Å². The fourth-order valence-corrected chi connectivity index (χ4v) is 2.37. The van der Waals surface area contributed by atoms with Gasteiger partial charge in [0.1, 0.15) is 0 Å². The van der Waals surface area contributed by atoms with E-state index in [4.69, 9.17) is 5.11 Å². The quantitative estimate of drug-likeness (QED) is 0.847. The zero-order valence-electron chi connectivity index (χ0n) is 9.61. The number of hydrogen-bond donors (Lipinski definition) is 2. The predicted octanol–water partition coefficient (Wildman–Crippen LogP) is 2.65. The van der Waals surface area contributed by atoms with Crippen LogP contribution >= 0.6 is 27.7 Å². The number of rotatable bonds is 6. The largest absolute Gasteiger partial charge is 0.395 e. The molecule has 0 aromatic heterocycles. The van der Waals surface area contributed by atoms with E-state index in [1.54, 1.807) is 11.8 Å². The van der Waals surface area contributed by atoms with Crippen molar-refractivity contribution in [1.29, 1.82) is 0 Å². The average Bonchev–Trinajstić information content (AvgIpc) is 2.30. The van der Waals surface area contributed by atoms with Crippen LogP contribution in [-0.4, -0.2) is 29.3 Å². The molecule has 0 aliphatic heterocycles. The summed E-state index contributed by atoms with van der Waals surface area (Å²) >= 11 is 5.11. The molecule has 1 aromatic carbocycles. The van der Waals surface area contributed by atoms with Crippen molar-refractivity contribution in [2.24, 2.45) is 0 Å². The van der Waals surface area contributed by atoms with Crippen LogP contribution in [0, 0.1) is 0 Å². The number of aliphatic hydroxyl groups is 1. The van der Waals surface area contributed by atoms with Crippen molar-refractivity contribution in [3.8, 4) is 0 Å². The number of benzene rings is 1. The molecule has 4 heteroatoms. The van der Waals surface area contributed by atoms with Crippen molar-refractivity contribution < 1.29 is 5.11 Å². The lowest BCUT2D eigenvalue weighted by atomic mass is 10.2. The van der Waals surface area contributed by atoms with Crippen LogP contribution in [0.5, 0.6) is 0 Å². The minimum atomic E-state index is 0.218. The number of aliphatic hydroxyl groups excluding tert-OH is 1. The highest BCUT2D eigenvalue weighted by molar-refractivity contribution is 9.10. The molecular weight excluding hydrogens is 286 g/mol. The zero-order chi connectivity index (χ0) is 12.0. The second-order valence-electron chi connectivity index (χ2n) is 3.75. The molecule has 0 amide bonds. The van der Waals surface area contributed by atoms with Crippen LogP contribution in [0.1, 0.15) is 12.5 Å². The van der Waals surface area contributed by atoms with Gasteiger partial charge in [0.2, 0.25) is 0 Å². The van der Waals surface area contributed by atoms with Crippen molar-refractivity contribution in [1.82, 2.24) is 5.32 Å². The second kappa shape index (κ2) is 7.33. The van der Waals surface area contributed by atoms with Gasteiger partial charge in [-0.05, 0) is 30.9 Å². The second-order valence-corrected chi connectivity index (χ2v) is 5.75. The third-order valence-electron chi connectivity index (χ3n) is 2.58. The Morgan fingerprint density at radius 1 is 1.38 bits per heavy atom. The molecule has 0 aliphatic rings. The summed E-state index contributed by atoms with van der Waals surface area (Å²) in [5.41, 5.74) is 1.26. The van der Waals surface area contributed by atoms with Crippen molar-refractivity contribution in [2.75, 3.05) is 12.9 Å². The molecule has 0 aliphatic carbocycles. The molecule has 2 unspecified atom stereocenters. The fraction of sp³-hybridized carbons (Fsp3) is 0.500. The van der Waals surface area contributed by atoms with Gasteiger partial charge < -0.3 is 10.4 Å². The first-order valence-corrected chi connectivity index (χ1v) is 7.37. The molecule has 1 aromatic rings. The summed E-state index contributed by atoms with van der Waals surface area (Å²) in [6.45, 7) is 3.16. The van der Waals surface area contributed by atoms with Crippen LogP contribution in [0.3, 0.4) is 0 Å². The number of thioether (sulfide) groups is 1. The van der Waals surface area contributed by atoms with Crippen LogP contribution in [0.15, 0.2) is 28.7 Å². The summed E-state index contributed by atoms with van der Waals surface area (Å²) in [4.78, 5) is 0. The monoisotopic (exact) mass is 303 g/mol. The molecule has 0 radical (unpaired) electrons. The minimum absolute atomic E-state index is 0.218. The topological polar surface area (TPSA) is 32.3 Å². The molecule has 2 nitrogen and oxygen atoms in total. The SMILES string of the molecule is CSC(CO)C(C)NCc1ccc(Br)cc1. The van der Waals surface area contributed by atoms with Crippen molar-refractivity contribution in [3.63, 3.8) is 0 Å². The molecule has 2 N–H and O–H groups in total. The van der Waals surface area contributed by atoms with Crippen LogP contribution in [-0.2, 0) is 6.54 Å². The molecule has 1 rings (SSSR count). The van der Waals surface area contributed by atoms with Gasteiger partial charge in [-0.15, -0.1) is 0 Å². The predicted molar refractivity (Wildman–Crippen MR) is 74.8 cm³/mol. The third-order valence-corrected chi connectivity index (χ3v) is 4.27. The van der Waals surface area contributed by atoms with E-state index in [0.29, 0.717) is 6.04 Å². The summed E-state index contributed by atoms with van der Waals surface area (Å²) in [6, 6.07) is 8.58. The van der Waals surface area contributed by atoms with Crippen LogP contribution in [0.25, 0.3) is 0 Å². The van der Waals surface area contributed by atoms with E-state index in [9.17, 15) is 0 Å². The van der Waals surface area contributed by atoms with E-state index in [2.05, 4.69) is 40.3 Å². The number of halogens is 1. The van der Waals surface area contributed by atoms with Gasteiger partial charge in [-0.1, -0.05) is 28.1 Å². The molecule has 0 spiro atoms. The molecule has 0 saturated heterocycles. The van der Waals surface area contributed by atoms with E-state index in [0.717, 1.165) is 11.0 Å². The smallest absolute Gasteiger partial charge is 0.0564 e. The standard InChI is InChI=1S/C12H18BrNOS/c1-9(12(8-15)16-2)14-7-10-3-5-11(13)6-4-10/h3-6,9,12,14-15H,7-8H2,1-2H3.